The van der Waals surface area contributed by atoms with Crippen molar-refractivity contribution in [1.82, 2.24) is 4.57 Å². The first kappa shape index (κ1) is 24.3. The summed E-state index contributed by atoms with van der Waals surface area (Å²) in [5, 5.41) is 11.9. The quantitative estimate of drug-likeness (QED) is 0.428. The van der Waals surface area contributed by atoms with Crippen LogP contribution in [0.1, 0.15) is 71.2 Å². The van der Waals surface area contributed by atoms with E-state index in [2.05, 4.69) is 30.7 Å². The third kappa shape index (κ3) is 4.87. The van der Waals surface area contributed by atoms with Crippen LogP contribution in [-0.2, 0) is 4.79 Å². The van der Waals surface area contributed by atoms with Gasteiger partial charge in [-0.15, -0.1) is 0 Å². The first-order valence-corrected chi connectivity index (χ1v) is 10.8. The number of nitrogens with one attached hydrogen (secondary N) is 2. The Morgan fingerprint density at radius 2 is 1.71 bits per heavy atom. The van der Waals surface area contributed by atoms with Crippen LogP contribution in [0.25, 0.3) is 16.6 Å². The first-order chi connectivity index (χ1) is 14.5. The van der Waals surface area contributed by atoms with Crippen molar-refractivity contribution in [3.63, 3.8) is 0 Å². The molecular weight excluding hydrogens is 389 g/mol. The monoisotopic (exact) mass is 423 g/mol. The second kappa shape index (κ2) is 9.46. The molecule has 0 aliphatic carbocycles. The second-order valence-electron chi connectivity index (χ2n) is 8.78. The van der Waals surface area contributed by atoms with E-state index in [9.17, 15) is 9.18 Å². The normalized spacial score (nSPS) is 11.3. The topological polar surface area (TPSA) is 57.9 Å². The Kier molecular flexibility index (Phi) is 7.42. The Labute approximate surface area is 185 Å². The van der Waals surface area contributed by atoms with E-state index in [4.69, 9.17) is 5.41 Å². The smallest absolute Gasteiger partial charge is 0.229 e. The molecule has 31 heavy (non-hydrogen) atoms. The molecule has 5 heteroatoms. The second-order valence-corrected chi connectivity index (χ2v) is 8.78. The number of aromatic nitrogens is 1. The molecular formula is C26H34FN3O. The van der Waals surface area contributed by atoms with Gasteiger partial charge >= 0.3 is 0 Å². The Morgan fingerprint density at radius 3 is 2.19 bits per heavy atom. The molecule has 0 radical (unpaired) electrons. The van der Waals surface area contributed by atoms with E-state index in [0.29, 0.717) is 11.3 Å². The van der Waals surface area contributed by atoms with Crippen LogP contribution < -0.4 is 5.32 Å². The minimum Gasteiger partial charge on any atom is -0.325 e. The number of fused-ring (bicyclic) bond motifs is 1. The molecule has 0 aliphatic heterocycles. The highest BCUT2D eigenvalue weighted by atomic mass is 19.1. The highest BCUT2D eigenvalue weighted by Crippen LogP contribution is 2.36. The Hall–Kier alpha value is -2.95. The third-order valence-corrected chi connectivity index (χ3v) is 5.15. The molecule has 3 aromatic rings. The molecule has 0 spiro atoms. The summed E-state index contributed by atoms with van der Waals surface area (Å²) in [7, 11) is 0. The third-order valence-electron chi connectivity index (χ3n) is 5.15. The number of amides is 1. The molecule has 2 aromatic carbocycles. The van der Waals surface area contributed by atoms with Gasteiger partial charge in [-0.05, 0) is 54.8 Å². The molecule has 0 saturated heterocycles. The van der Waals surface area contributed by atoms with Gasteiger partial charge in [-0.1, -0.05) is 48.5 Å². The molecule has 1 heterocycles. The predicted octanol–water partition coefficient (Wildman–Crippen LogP) is 7.21. The lowest BCUT2D eigenvalue weighted by molar-refractivity contribution is -0.123. The first-order valence-electron chi connectivity index (χ1n) is 10.8. The number of nitrogens with zero attached hydrogens (tertiary/aromatic N) is 1. The van der Waals surface area contributed by atoms with Crippen molar-refractivity contribution in [2.45, 2.75) is 61.3 Å². The summed E-state index contributed by atoms with van der Waals surface area (Å²) in [5.74, 6) is -0.136. The van der Waals surface area contributed by atoms with Crippen molar-refractivity contribution in [3.8, 4) is 5.69 Å². The number of hydrogen-bond donors (Lipinski definition) is 2. The van der Waals surface area contributed by atoms with Gasteiger partial charge in [0.25, 0.3) is 0 Å². The molecule has 166 valence electrons. The maximum Gasteiger partial charge on any atom is 0.229 e. The summed E-state index contributed by atoms with van der Waals surface area (Å²) in [6.45, 7) is 15.9. The van der Waals surface area contributed by atoms with Crippen LogP contribution in [0.2, 0.25) is 0 Å². The summed E-state index contributed by atoms with van der Waals surface area (Å²) < 4.78 is 15.6. The van der Waals surface area contributed by atoms with Crippen LogP contribution in [0.3, 0.4) is 0 Å². The van der Waals surface area contributed by atoms with E-state index in [1.807, 2.05) is 46.8 Å². The predicted molar refractivity (Wildman–Crippen MR) is 129 cm³/mol. The molecule has 3 rings (SSSR count). The Bertz CT molecular complexity index is 1090. The average Bonchev–Trinajstić information content (AvgIpc) is 3.00. The van der Waals surface area contributed by atoms with Crippen LogP contribution in [0.5, 0.6) is 0 Å². The molecule has 4 nitrogen and oxygen atoms in total. The van der Waals surface area contributed by atoms with Crippen molar-refractivity contribution >= 4 is 28.7 Å². The Morgan fingerprint density at radius 1 is 1.13 bits per heavy atom. The van der Waals surface area contributed by atoms with Crippen LogP contribution in [0, 0.1) is 23.6 Å². The molecule has 0 atom stereocenters. The fourth-order valence-electron chi connectivity index (χ4n) is 3.62. The minimum absolute atomic E-state index is 0.0975. The zero-order chi connectivity index (χ0) is 23.5. The summed E-state index contributed by atoms with van der Waals surface area (Å²) in [6, 6.07) is 10.3. The molecule has 2 N–H and O–H groups in total. The van der Waals surface area contributed by atoms with Crippen molar-refractivity contribution in [2.75, 3.05) is 5.32 Å². The maximum absolute atomic E-state index is 13.5. The molecule has 0 aliphatic rings. The van der Waals surface area contributed by atoms with Gasteiger partial charge in [0.05, 0.1) is 11.2 Å². The number of aryl methyl sites for hydroxylation is 1. The van der Waals surface area contributed by atoms with E-state index in [1.54, 1.807) is 12.1 Å². The molecule has 0 fully saturated rings. The number of benzene rings is 2. The van der Waals surface area contributed by atoms with Gasteiger partial charge in [-0.25, -0.2) is 4.39 Å². The number of carbonyl (C=O) groups excluding carboxylic acids is 1. The molecule has 0 saturated carbocycles. The standard InChI is InChI=1S/C24H28FN3O.C2H6/c1-14(2)22-15(3)19-12-20(27-23(29)24(4,5)6)16(13-26)11-21(19)28(22)18-9-7-17(25)8-10-18;1-2/h7-14,26H,1-6H3,(H,27,29);1-2H3. The number of rotatable bonds is 4. The minimum atomic E-state index is -0.535. The number of halogens is 1. The summed E-state index contributed by atoms with van der Waals surface area (Å²) in [4.78, 5) is 12.5. The zero-order valence-electron chi connectivity index (χ0n) is 19.9. The van der Waals surface area contributed by atoms with Gasteiger partial charge in [0.2, 0.25) is 5.91 Å². The summed E-state index contributed by atoms with van der Waals surface area (Å²) in [5.41, 5.74) is 4.77. The van der Waals surface area contributed by atoms with Gasteiger partial charge in [0.1, 0.15) is 5.82 Å². The van der Waals surface area contributed by atoms with E-state index >= 15 is 0 Å². The van der Waals surface area contributed by atoms with Crippen LogP contribution in [-0.4, -0.2) is 16.7 Å². The van der Waals surface area contributed by atoms with Gasteiger partial charge in [-0.3, -0.25) is 4.79 Å². The fourth-order valence-corrected chi connectivity index (χ4v) is 3.62. The molecule has 0 bridgehead atoms. The largest absolute Gasteiger partial charge is 0.325 e. The lowest BCUT2D eigenvalue weighted by atomic mass is 9.95. The van der Waals surface area contributed by atoms with Crippen LogP contribution in [0.15, 0.2) is 36.4 Å². The van der Waals surface area contributed by atoms with E-state index in [-0.39, 0.29) is 17.6 Å². The fraction of sp³-hybridized carbons (Fsp3) is 0.385. The highest BCUT2D eigenvalue weighted by Gasteiger charge is 2.24. The lowest BCUT2D eigenvalue weighted by Gasteiger charge is -2.19. The van der Waals surface area contributed by atoms with Gasteiger partial charge in [-0.2, -0.15) is 0 Å². The van der Waals surface area contributed by atoms with Gasteiger partial charge < -0.3 is 15.3 Å². The van der Waals surface area contributed by atoms with Crippen molar-refractivity contribution in [1.29, 1.82) is 5.41 Å². The highest BCUT2D eigenvalue weighted by molar-refractivity contribution is 6.04. The molecule has 1 amide bonds. The van der Waals surface area contributed by atoms with Crippen molar-refractivity contribution in [2.24, 2.45) is 5.41 Å². The lowest BCUT2D eigenvalue weighted by Crippen LogP contribution is -2.28. The zero-order valence-corrected chi connectivity index (χ0v) is 19.9. The van der Waals surface area contributed by atoms with Crippen LogP contribution in [0.4, 0.5) is 10.1 Å². The SMILES string of the molecule is CC.Cc1c(C(C)C)n(-c2ccc(F)cc2)c2cc(C=N)c(NC(=O)C(C)(C)C)cc12. The molecule has 1 aromatic heterocycles. The van der Waals surface area contributed by atoms with Gasteiger partial charge in [0, 0.05) is 34.0 Å². The van der Waals surface area contributed by atoms with E-state index in [0.717, 1.165) is 27.8 Å². The number of carbonyl (C=O) groups is 1. The summed E-state index contributed by atoms with van der Waals surface area (Å²) >= 11 is 0. The van der Waals surface area contributed by atoms with Crippen LogP contribution >= 0.6 is 0 Å². The van der Waals surface area contributed by atoms with Crippen molar-refractivity contribution < 1.29 is 9.18 Å². The van der Waals surface area contributed by atoms with Gasteiger partial charge in [0.15, 0.2) is 0 Å². The van der Waals surface area contributed by atoms with E-state index < -0.39 is 5.41 Å². The van der Waals surface area contributed by atoms with Crippen molar-refractivity contribution in [3.05, 3.63) is 59.0 Å². The number of anilines is 1. The van der Waals surface area contributed by atoms with E-state index in [1.165, 1.54) is 18.3 Å². The average molecular weight is 424 g/mol. The maximum atomic E-state index is 13.5. The molecule has 0 unspecified atom stereocenters. The Balaban J connectivity index is 0.00000166. The number of hydrogen-bond acceptors (Lipinski definition) is 2. The summed E-state index contributed by atoms with van der Waals surface area (Å²) in [6.07, 6.45) is 1.25.